The molecule has 1 atom stereocenters. The van der Waals surface area contributed by atoms with E-state index < -0.39 is 11.6 Å². The average Bonchev–Trinajstić information content (AvgIpc) is 2.31. The quantitative estimate of drug-likeness (QED) is 0.834. The molecule has 1 aromatic carbocycles. The van der Waals surface area contributed by atoms with Crippen LogP contribution >= 0.6 is 0 Å². The molecule has 19 heavy (non-hydrogen) atoms. The number of hydrogen-bond acceptors (Lipinski definition) is 2. The zero-order valence-electron chi connectivity index (χ0n) is 11.5. The molecule has 2 N–H and O–H groups in total. The standard InChI is InChI=1S/C14H20F2N2O/c1-9(2)18-14(19)6-7-17-10(3)12-8-11(15)4-5-13(12)16/h4-5,8-10,17H,6-7H2,1-3H3,(H,18,19). The van der Waals surface area contributed by atoms with Gasteiger partial charge >= 0.3 is 0 Å². The van der Waals surface area contributed by atoms with Crippen molar-refractivity contribution in [1.82, 2.24) is 10.6 Å². The summed E-state index contributed by atoms with van der Waals surface area (Å²) in [5.74, 6) is -0.981. The van der Waals surface area contributed by atoms with Crippen molar-refractivity contribution >= 4 is 5.91 Å². The van der Waals surface area contributed by atoms with E-state index in [0.717, 1.165) is 12.1 Å². The highest BCUT2D eigenvalue weighted by molar-refractivity contribution is 5.76. The van der Waals surface area contributed by atoms with Crippen LogP contribution in [0.25, 0.3) is 0 Å². The molecule has 106 valence electrons. The summed E-state index contributed by atoms with van der Waals surface area (Å²) in [4.78, 5) is 11.4. The monoisotopic (exact) mass is 270 g/mol. The van der Waals surface area contributed by atoms with Crippen LogP contribution in [0.3, 0.4) is 0 Å². The van der Waals surface area contributed by atoms with Crippen molar-refractivity contribution in [3.63, 3.8) is 0 Å². The highest BCUT2D eigenvalue weighted by Crippen LogP contribution is 2.17. The van der Waals surface area contributed by atoms with Crippen molar-refractivity contribution in [2.24, 2.45) is 0 Å². The van der Waals surface area contributed by atoms with Crippen molar-refractivity contribution in [3.05, 3.63) is 35.4 Å². The van der Waals surface area contributed by atoms with E-state index in [-0.39, 0.29) is 23.6 Å². The van der Waals surface area contributed by atoms with Crippen LogP contribution in [0.2, 0.25) is 0 Å². The lowest BCUT2D eigenvalue weighted by Crippen LogP contribution is -2.33. The molecule has 1 unspecified atom stereocenters. The minimum absolute atomic E-state index is 0.0607. The van der Waals surface area contributed by atoms with Gasteiger partial charge in [-0.1, -0.05) is 0 Å². The van der Waals surface area contributed by atoms with E-state index >= 15 is 0 Å². The lowest BCUT2D eigenvalue weighted by Gasteiger charge is -2.15. The van der Waals surface area contributed by atoms with Crippen molar-refractivity contribution < 1.29 is 13.6 Å². The number of halogens is 2. The fraction of sp³-hybridized carbons (Fsp3) is 0.500. The van der Waals surface area contributed by atoms with E-state index in [1.165, 1.54) is 6.07 Å². The van der Waals surface area contributed by atoms with E-state index in [0.29, 0.717) is 13.0 Å². The van der Waals surface area contributed by atoms with Gasteiger partial charge in [-0.05, 0) is 39.0 Å². The van der Waals surface area contributed by atoms with E-state index in [9.17, 15) is 13.6 Å². The van der Waals surface area contributed by atoms with E-state index in [2.05, 4.69) is 10.6 Å². The molecule has 1 amide bonds. The van der Waals surface area contributed by atoms with Crippen molar-refractivity contribution in [2.45, 2.75) is 39.3 Å². The summed E-state index contributed by atoms with van der Waals surface area (Å²) < 4.78 is 26.5. The Kier molecular flexibility index (Phi) is 5.89. The predicted octanol–water partition coefficient (Wildman–Crippen LogP) is 2.53. The van der Waals surface area contributed by atoms with Gasteiger partial charge in [0, 0.05) is 30.6 Å². The van der Waals surface area contributed by atoms with Crippen LogP contribution in [0.4, 0.5) is 8.78 Å². The molecule has 0 aliphatic carbocycles. The number of benzene rings is 1. The molecule has 0 heterocycles. The number of carbonyl (C=O) groups is 1. The largest absolute Gasteiger partial charge is 0.354 e. The zero-order chi connectivity index (χ0) is 14.4. The molecule has 0 saturated heterocycles. The Bertz CT molecular complexity index is 435. The van der Waals surface area contributed by atoms with Crippen LogP contribution in [-0.2, 0) is 4.79 Å². The van der Waals surface area contributed by atoms with Crippen LogP contribution in [-0.4, -0.2) is 18.5 Å². The molecule has 0 spiro atoms. The molecular formula is C14H20F2N2O. The summed E-state index contributed by atoms with van der Waals surface area (Å²) in [5, 5.41) is 5.77. The summed E-state index contributed by atoms with van der Waals surface area (Å²) >= 11 is 0. The van der Waals surface area contributed by atoms with E-state index in [1.807, 2.05) is 13.8 Å². The molecule has 0 aliphatic rings. The Morgan fingerprint density at radius 1 is 1.26 bits per heavy atom. The van der Waals surface area contributed by atoms with Gasteiger partial charge in [0.1, 0.15) is 11.6 Å². The van der Waals surface area contributed by atoms with Crippen LogP contribution in [0.1, 0.15) is 38.8 Å². The lowest BCUT2D eigenvalue weighted by atomic mass is 10.1. The van der Waals surface area contributed by atoms with Gasteiger partial charge in [-0.15, -0.1) is 0 Å². The predicted molar refractivity (Wildman–Crippen MR) is 70.7 cm³/mol. The van der Waals surface area contributed by atoms with Gasteiger partial charge in [0.05, 0.1) is 0 Å². The van der Waals surface area contributed by atoms with E-state index in [1.54, 1.807) is 6.92 Å². The van der Waals surface area contributed by atoms with Gasteiger partial charge < -0.3 is 10.6 Å². The first-order valence-corrected chi connectivity index (χ1v) is 6.38. The maximum Gasteiger partial charge on any atom is 0.221 e. The van der Waals surface area contributed by atoms with Crippen LogP contribution < -0.4 is 10.6 Å². The number of nitrogens with one attached hydrogen (secondary N) is 2. The highest BCUT2D eigenvalue weighted by Gasteiger charge is 2.12. The first kappa shape index (κ1) is 15.6. The van der Waals surface area contributed by atoms with Gasteiger partial charge in [0.25, 0.3) is 0 Å². The van der Waals surface area contributed by atoms with E-state index in [4.69, 9.17) is 0 Å². The maximum absolute atomic E-state index is 13.5. The summed E-state index contributed by atoms with van der Waals surface area (Å²) in [6, 6.07) is 3.12. The average molecular weight is 270 g/mol. The van der Waals surface area contributed by atoms with Crippen molar-refractivity contribution in [3.8, 4) is 0 Å². The molecule has 0 aromatic heterocycles. The summed E-state index contributed by atoms with van der Waals surface area (Å²) in [6.45, 7) is 5.92. The molecular weight excluding hydrogens is 250 g/mol. The smallest absolute Gasteiger partial charge is 0.221 e. The fourth-order valence-corrected chi connectivity index (χ4v) is 1.75. The van der Waals surface area contributed by atoms with Gasteiger partial charge in [-0.3, -0.25) is 4.79 Å². The Hall–Kier alpha value is -1.49. The second-order valence-electron chi connectivity index (χ2n) is 4.81. The number of rotatable bonds is 6. The zero-order valence-corrected chi connectivity index (χ0v) is 11.5. The molecule has 0 bridgehead atoms. The summed E-state index contributed by atoms with van der Waals surface area (Å²) in [6.07, 6.45) is 0.305. The second kappa shape index (κ2) is 7.19. The molecule has 0 aliphatic heterocycles. The molecule has 0 saturated carbocycles. The third-order valence-electron chi connectivity index (χ3n) is 2.68. The van der Waals surface area contributed by atoms with Crippen molar-refractivity contribution in [1.29, 1.82) is 0 Å². The Balaban J connectivity index is 2.45. The number of carbonyl (C=O) groups excluding carboxylic acids is 1. The fourth-order valence-electron chi connectivity index (χ4n) is 1.75. The third-order valence-corrected chi connectivity index (χ3v) is 2.68. The van der Waals surface area contributed by atoms with Crippen LogP contribution in [0.15, 0.2) is 18.2 Å². The third kappa shape index (κ3) is 5.34. The van der Waals surface area contributed by atoms with Crippen LogP contribution in [0.5, 0.6) is 0 Å². The molecule has 3 nitrogen and oxygen atoms in total. The Labute approximate surface area is 112 Å². The maximum atomic E-state index is 13.5. The molecule has 0 radical (unpaired) electrons. The first-order valence-electron chi connectivity index (χ1n) is 6.38. The molecule has 1 aromatic rings. The SMILES string of the molecule is CC(C)NC(=O)CCNC(C)c1cc(F)ccc1F. The van der Waals surface area contributed by atoms with Gasteiger partial charge in [-0.25, -0.2) is 8.78 Å². The molecule has 1 rings (SSSR count). The Morgan fingerprint density at radius 2 is 1.95 bits per heavy atom. The van der Waals surface area contributed by atoms with Crippen LogP contribution in [0, 0.1) is 11.6 Å². The summed E-state index contributed by atoms with van der Waals surface area (Å²) in [7, 11) is 0. The minimum atomic E-state index is -0.470. The molecule has 0 fully saturated rings. The van der Waals surface area contributed by atoms with Crippen molar-refractivity contribution in [2.75, 3.05) is 6.54 Å². The first-order chi connectivity index (χ1) is 8.90. The minimum Gasteiger partial charge on any atom is -0.354 e. The second-order valence-corrected chi connectivity index (χ2v) is 4.81. The number of hydrogen-bond donors (Lipinski definition) is 2. The van der Waals surface area contributed by atoms with Gasteiger partial charge in [0.2, 0.25) is 5.91 Å². The van der Waals surface area contributed by atoms with Gasteiger partial charge in [-0.2, -0.15) is 0 Å². The van der Waals surface area contributed by atoms with Gasteiger partial charge in [0.15, 0.2) is 0 Å². The summed E-state index contributed by atoms with van der Waals surface area (Å²) in [5.41, 5.74) is 0.268. The Morgan fingerprint density at radius 3 is 2.58 bits per heavy atom. The molecule has 5 heteroatoms. The lowest BCUT2D eigenvalue weighted by molar-refractivity contribution is -0.121. The topological polar surface area (TPSA) is 41.1 Å². The normalized spacial score (nSPS) is 12.5. The number of amides is 1. The highest BCUT2D eigenvalue weighted by atomic mass is 19.1.